The van der Waals surface area contributed by atoms with E-state index in [1.807, 2.05) is 13.8 Å². The summed E-state index contributed by atoms with van der Waals surface area (Å²) in [6.07, 6.45) is 0.624. The van der Waals surface area contributed by atoms with Crippen molar-refractivity contribution >= 4 is 37.7 Å². The zero-order valence-electron chi connectivity index (χ0n) is 14.1. The van der Waals surface area contributed by atoms with Crippen molar-refractivity contribution in [3.63, 3.8) is 0 Å². The fraction of sp³-hybridized carbons (Fsp3) is 0.375. The lowest BCUT2D eigenvalue weighted by molar-refractivity contribution is -0.118. The fourth-order valence-electron chi connectivity index (χ4n) is 2.14. The van der Waals surface area contributed by atoms with Gasteiger partial charge in [-0.15, -0.1) is 0 Å². The number of amides is 1. The average molecular weight is 430 g/mol. The standard InChI is InChI=1S/C16H20BrN3O4S/c1-4-10(2)15(16(21)18-14-9-11(3)24-19-14)20-25(22,23)13-7-5-12(17)6-8-13/h5-10,15,20H,4H2,1-3H3,(H,18,19,21)/t10?,15-/m0/s1. The molecule has 0 spiro atoms. The molecule has 2 aromatic rings. The number of benzene rings is 1. The molecule has 0 saturated carbocycles. The van der Waals surface area contributed by atoms with Crippen LogP contribution in [-0.2, 0) is 14.8 Å². The molecule has 0 fully saturated rings. The van der Waals surface area contributed by atoms with Gasteiger partial charge in [0.1, 0.15) is 11.8 Å². The average Bonchev–Trinajstić information content (AvgIpc) is 2.97. The van der Waals surface area contributed by atoms with Crippen LogP contribution in [0.2, 0.25) is 0 Å². The van der Waals surface area contributed by atoms with Gasteiger partial charge in [-0.2, -0.15) is 4.72 Å². The van der Waals surface area contributed by atoms with Crippen molar-refractivity contribution in [1.82, 2.24) is 9.88 Å². The van der Waals surface area contributed by atoms with Crippen molar-refractivity contribution < 1.29 is 17.7 Å². The zero-order valence-corrected chi connectivity index (χ0v) is 16.5. The number of carbonyl (C=O) groups is 1. The molecule has 0 saturated heterocycles. The van der Waals surface area contributed by atoms with Crippen molar-refractivity contribution in [2.75, 3.05) is 5.32 Å². The molecule has 2 atom stereocenters. The lowest BCUT2D eigenvalue weighted by atomic mass is 9.99. The first-order valence-corrected chi connectivity index (χ1v) is 10.0. The number of aryl methyl sites for hydroxylation is 1. The highest BCUT2D eigenvalue weighted by molar-refractivity contribution is 9.10. The van der Waals surface area contributed by atoms with E-state index >= 15 is 0 Å². The number of aromatic nitrogens is 1. The van der Waals surface area contributed by atoms with Crippen LogP contribution in [0.25, 0.3) is 0 Å². The first kappa shape index (κ1) is 19.6. The summed E-state index contributed by atoms with van der Waals surface area (Å²) < 4.78 is 33.4. The lowest BCUT2D eigenvalue weighted by Crippen LogP contribution is -2.47. The molecule has 9 heteroatoms. The second-order valence-corrected chi connectivity index (χ2v) is 8.38. The summed E-state index contributed by atoms with van der Waals surface area (Å²) in [5, 5.41) is 6.28. The van der Waals surface area contributed by atoms with E-state index in [-0.39, 0.29) is 16.6 Å². The minimum absolute atomic E-state index is 0.0917. The SMILES string of the molecule is CCC(C)[C@H](NS(=O)(=O)c1ccc(Br)cc1)C(=O)Nc1cc(C)on1. The predicted octanol–water partition coefficient (Wildman–Crippen LogP) is 3.08. The van der Waals surface area contributed by atoms with Gasteiger partial charge >= 0.3 is 0 Å². The molecule has 2 rings (SSSR count). The molecular formula is C16H20BrN3O4S. The van der Waals surface area contributed by atoms with Crippen LogP contribution in [0.15, 0.2) is 44.2 Å². The summed E-state index contributed by atoms with van der Waals surface area (Å²) in [5.74, 6) is 0.103. The van der Waals surface area contributed by atoms with Gasteiger partial charge in [-0.25, -0.2) is 8.42 Å². The van der Waals surface area contributed by atoms with Gasteiger partial charge in [0, 0.05) is 10.5 Å². The molecule has 1 aromatic carbocycles. The molecule has 1 heterocycles. The highest BCUT2D eigenvalue weighted by Crippen LogP contribution is 2.18. The number of hydrogen-bond acceptors (Lipinski definition) is 5. The van der Waals surface area contributed by atoms with Crippen molar-refractivity contribution in [2.45, 2.75) is 38.1 Å². The van der Waals surface area contributed by atoms with E-state index < -0.39 is 22.0 Å². The minimum atomic E-state index is -3.84. The summed E-state index contributed by atoms with van der Waals surface area (Å²) in [7, 11) is -3.84. The first-order valence-electron chi connectivity index (χ1n) is 7.75. The Morgan fingerprint density at radius 2 is 1.96 bits per heavy atom. The van der Waals surface area contributed by atoms with Crippen LogP contribution in [0, 0.1) is 12.8 Å². The number of anilines is 1. The van der Waals surface area contributed by atoms with Gasteiger partial charge in [-0.1, -0.05) is 41.4 Å². The van der Waals surface area contributed by atoms with Gasteiger partial charge in [0.05, 0.1) is 4.90 Å². The maximum absolute atomic E-state index is 12.6. The van der Waals surface area contributed by atoms with E-state index in [0.717, 1.165) is 4.47 Å². The molecule has 25 heavy (non-hydrogen) atoms. The van der Waals surface area contributed by atoms with Gasteiger partial charge in [0.25, 0.3) is 0 Å². The van der Waals surface area contributed by atoms with E-state index in [4.69, 9.17) is 4.52 Å². The zero-order chi connectivity index (χ0) is 18.6. The Bertz CT molecular complexity index is 833. The number of carbonyl (C=O) groups excluding carboxylic acids is 1. The summed E-state index contributed by atoms with van der Waals surface area (Å²) in [6, 6.07) is 6.83. The van der Waals surface area contributed by atoms with Crippen LogP contribution in [0.5, 0.6) is 0 Å². The second-order valence-electron chi connectivity index (χ2n) is 5.75. The van der Waals surface area contributed by atoms with Crippen LogP contribution in [0.3, 0.4) is 0 Å². The van der Waals surface area contributed by atoms with Gasteiger partial charge < -0.3 is 9.84 Å². The maximum atomic E-state index is 12.6. The third-order valence-electron chi connectivity index (χ3n) is 3.78. The first-order chi connectivity index (χ1) is 11.7. The number of hydrogen-bond donors (Lipinski definition) is 2. The highest BCUT2D eigenvalue weighted by Gasteiger charge is 2.30. The topological polar surface area (TPSA) is 101 Å². The smallest absolute Gasteiger partial charge is 0.244 e. The van der Waals surface area contributed by atoms with Gasteiger partial charge in [-0.05, 0) is 37.1 Å². The normalized spacial score (nSPS) is 14.1. The van der Waals surface area contributed by atoms with Crippen molar-refractivity contribution in [3.05, 3.63) is 40.6 Å². The Hall–Kier alpha value is -1.71. The number of nitrogens with zero attached hydrogens (tertiary/aromatic N) is 1. The van der Waals surface area contributed by atoms with Crippen LogP contribution < -0.4 is 10.0 Å². The Morgan fingerprint density at radius 1 is 1.32 bits per heavy atom. The van der Waals surface area contributed by atoms with Gasteiger partial charge in [-0.3, -0.25) is 4.79 Å². The molecule has 0 bridgehead atoms. The summed E-state index contributed by atoms with van der Waals surface area (Å²) >= 11 is 3.26. The van der Waals surface area contributed by atoms with Crippen molar-refractivity contribution in [2.24, 2.45) is 5.92 Å². The molecule has 0 radical (unpaired) electrons. The molecule has 0 aliphatic carbocycles. The number of halogens is 1. The molecule has 1 unspecified atom stereocenters. The van der Waals surface area contributed by atoms with Crippen LogP contribution >= 0.6 is 15.9 Å². The molecule has 7 nitrogen and oxygen atoms in total. The number of nitrogens with one attached hydrogen (secondary N) is 2. The van der Waals surface area contributed by atoms with E-state index in [1.165, 1.54) is 12.1 Å². The Labute approximate surface area is 155 Å². The maximum Gasteiger partial charge on any atom is 0.244 e. The Kier molecular flexibility index (Phi) is 6.36. The minimum Gasteiger partial charge on any atom is -0.360 e. The van der Waals surface area contributed by atoms with Crippen LogP contribution in [-0.4, -0.2) is 25.5 Å². The van der Waals surface area contributed by atoms with Crippen molar-refractivity contribution in [3.8, 4) is 0 Å². The third kappa shape index (κ3) is 5.13. The van der Waals surface area contributed by atoms with E-state index in [0.29, 0.717) is 12.2 Å². The monoisotopic (exact) mass is 429 g/mol. The molecule has 1 amide bonds. The third-order valence-corrected chi connectivity index (χ3v) is 5.77. The summed E-state index contributed by atoms with van der Waals surface area (Å²) in [5.41, 5.74) is 0. The van der Waals surface area contributed by atoms with Gasteiger partial charge in [0.15, 0.2) is 5.82 Å². The van der Waals surface area contributed by atoms with Crippen LogP contribution in [0.4, 0.5) is 5.82 Å². The molecule has 2 N–H and O–H groups in total. The highest BCUT2D eigenvalue weighted by atomic mass is 79.9. The Balaban J connectivity index is 2.22. The molecular weight excluding hydrogens is 410 g/mol. The number of rotatable bonds is 7. The Morgan fingerprint density at radius 3 is 2.48 bits per heavy atom. The molecule has 1 aromatic heterocycles. The van der Waals surface area contributed by atoms with Crippen LogP contribution in [0.1, 0.15) is 26.0 Å². The lowest BCUT2D eigenvalue weighted by Gasteiger charge is -2.22. The summed E-state index contributed by atoms with van der Waals surface area (Å²) in [6.45, 7) is 5.40. The predicted molar refractivity (Wildman–Crippen MR) is 97.6 cm³/mol. The quantitative estimate of drug-likeness (QED) is 0.703. The second kappa shape index (κ2) is 8.11. The largest absolute Gasteiger partial charge is 0.360 e. The van der Waals surface area contributed by atoms with E-state index in [2.05, 4.69) is 31.1 Å². The van der Waals surface area contributed by atoms with E-state index in [9.17, 15) is 13.2 Å². The van der Waals surface area contributed by atoms with Crippen molar-refractivity contribution in [1.29, 1.82) is 0 Å². The van der Waals surface area contributed by atoms with E-state index in [1.54, 1.807) is 25.1 Å². The molecule has 0 aliphatic heterocycles. The molecule has 0 aliphatic rings. The fourth-order valence-corrected chi connectivity index (χ4v) is 3.71. The number of sulfonamides is 1. The summed E-state index contributed by atoms with van der Waals surface area (Å²) in [4.78, 5) is 12.6. The van der Waals surface area contributed by atoms with Gasteiger partial charge in [0.2, 0.25) is 15.9 Å². The molecule has 136 valence electrons.